The number of amides is 3. The highest BCUT2D eigenvalue weighted by Gasteiger charge is 2.46. The van der Waals surface area contributed by atoms with Gasteiger partial charge in [-0.15, -0.1) is 0 Å². The van der Waals surface area contributed by atoms with Crippen LogP contribution in [0.3, 0.4) is 0 Å². The molecule has 20 heavy (non-hydrogen) atoms. The van der Waals surface area contributed by atoms with Gasteiger partial charge in [-0.1, -0.05) is 12.2 Å². The van der Waals surface area contributed by atoms with Crippen molar-refractivity contribution in [3.05, 3.63) is 12.2 Å². The van der Waals surface area contributed by atoms with Crippen molar-refractivity contribution < 1.29 is 19.1 Å². The van der Waals surface area contributed by atoms with E-state index in [0.717, 1.165) is 0 Å². The summed E-state index contributed by atoms with van der Waals surface area (Å²) in [5, 5.41) is 2.67. The van der Waals surface area contributed by atoms with Crippen LogP contribution in [-0.2, 0) is 19.1 Å². The Balaban J connectivity index is 1.83. The molecule has 0 unspecified atom stereocenters. The van der Waals surface area contributed by atoms with E-state index in [0.29, 0.717) is 26.0 Å². The molecule has 1 heterocycles. The predicted molar refractivity (Wildman–Crippen MR) is 71.6 cm³/mol. The van der Waals surface area contributed by atoms with Gasteiger partial charge >= 0.3 is 0 Å². The van der Waals surface area contributed by atoms with Gasteiger partial charge in [-0.2, -0.15) is 0 Å². The maximum Gasteiger partial charge on any atom is 0.233 e. The molecule has 110 valence electrons. The van der Waals surface area contributed by atoms with Gasteiger partial charge in [-0.05, 0) is 12.8 Å². The molecule has 3 amide bonds. The Hall–Kier alpha value is -1.69. The van der Waals surface area contributed by atoms with Crippen molar-refractivity contribution in [3.63, 3.8) is 0 Å². The third-order valence-electron chi connectivity index (χ3n) is 3.79. The third-order valence-corrected chi connectivity index (χ3v) is 3.79. The standard InChI is InChI=1S/C14H20N2O4/c1-20-9-7-15-12(17)6-8-16-13(18)10-4-2-3-5-11(10)14(16)19/h2-3,10-11H,4-9H2,1H3,(H,15,17)/t10-,11-/m1/s1. The van der Waals surface area contributed by atoms with E-state index in [-0.39, 0.29) is 42.5 Å². The van der Waals surface area contributed by atoms with E-state index in [9.17, 15) is 14.4 Å². The summed E-state index contributed by atoms with van der Waals surface area (Å²) in [7, 11) is 1.56. The molecule has 2 rings (SSSR count). The number of carbonyl (C=O) groups is 3. The van der Waals surface area contributed by atoms with Gasteiger partial charge in [0.2, 0.25) is 17.7 Å². The molecule has 0 radical (unpaired) electrons. The summed E-state index contributed by atoms with van der Waals surface area (Å²) in [6, 6.07) is 0. The van der Waals surface area contributed by atoms with Crippen molar-refractivity contribution in [1.82, 2.24) is 10.2 Å². The van der Waals surface area contributed by atoms with Crippen LogP contribution in [0.2, 0.25) is 0 Å². The predicted octanol–water partition coefficient (Wildman–Crippen LogP) is 0.0903. The number of hydrogen-bond donors (Lipinski definition) is 1. The van der Waals surface area contributed by atoms with Gasteiger partial charge in [0.05, 0.1) is 18.4 Å². The minimum absolute atomic E-state index is 0.131. The van der Waals surface area contributed by atoms with Gasteiger partial charge in [-0.25, -0.2) is 0 Å². The smallest absolute Gasteiger partial charge is 0.233 e. The zero-order valence-corrected chi connectivity index (χ0v) is 11.6. The minimum Gasteiger partial charge on any atom is -0.383 e. The summed E-state index contributed by atoms with van der Waals surface area (Å²) in [6.07, 6.45) is 5.31. The number of rotatable bonds is 6. The van der Waals surface area contributed by atoms with Crippen LogP contribution in [0.1, 0.15) is 19.3 Å². The number of allylic oxidation sites excluding steroid dienone is 2. The number of fused-ring (bicyclic) bond motifs is 1. The van der Waals surface area contributed by atoms with Gasteiger partial charge < -0.3 is 10.1 Å². The van der Waals surface area contributed by atoms with Crippen molar-refractivity contribution in [2.45, 2.75) is 19.3 Å². The van der Waals surface area contributed by atoms with Crippen molar-refractivity contribution in [1.29, 1.82) is 0 Å². The number of ether oxygens (including phenoxy) is 1. The lowest BCUT2D eigenvalue weighted by atomic mass is 9.85. The van der Waals surface area contributed by atoms with E-state index < -0.39 is 0 Å². The third kappa shape index (κ3) is 3.07. The summed E-state index contributed by atoms with van der Waals surface area (Å²) in [6.45, 7) is 1.05. The molecule has 0 saturated carbocycles. The molecule has 0 spiro atoms. The average molecular weight is 280 g/mol. The number of nitrogens with one attached hydrogen (secondary N) is 1. The fraction of sp³-hybridized carbons (Fsp3) is 0.643. The van der Waals surface area contributed by atoms with E-state index in [1.807, 2.05) is 12.2 Å². The molecular formula is C14H20N2O4. The van der Waals surface area contributed by atoms with Crippen LogP contribution in [0.5, 0.6) is 0 Å². The van der Waals surface area contributed by atoms with Crippen molar-refractivity contribution in [2.24, 2.45) is 11.8 Å². The molecule has 1 aliphatic heterocycles. The normalized spacial score (nSPS) is 24.9. The second-order valence-electron chi connectivity index (χ2n) is 5.08. The molecule has 2 aliphatic rings. The van der Waals surface area contributed by atoms with E-state index in [4.69, 9.17) is 4.74 Å². The maximum atomic E-state index is 12.1. The number of hydrogen-bond acceptors (Lipinski definition) is 4. The van der Waals surface area contributed by atoms with Crippen LogP contribution in [-0.4, -0.2) is 49.4 Å². The number of imide groups is 1. The monoisotopic (exact) mass is 280 g/mol. The average Bonchev–Trinajstić information content (AvgIpc) is 2.70. The van der Waals surface area contributed by atoms with Crippen molar-refractivity contribution >= 4 is 17.7 Å². The van der Waals surface area contributed by atoms with Crippen LogP contribution >= 0.6 is 0 Å². The highest BCUT2D eigenvalue weighted by atomic mass is 16.5. The van der Waals surface area contributed by atoms with Gasteiger partial charge in [-0.3, -0.25) is 19.3 Å². The molecular weight excluding hydrogens is 260 g/mol. The first-order chi connectivity index (χ1) is 9.65. The van der Waals surface area contributed by atoms with Gasteiger partial charge in [0.25, 0.3) is 0 Å². The number of nitrogens with zero attached hydrogens (tertiary/aromatic N) is 1. The molecule has 6 nitrogen and oxygen atoms in total. The molecule has 0 aromatic carbocycles. The number of carbonyl (C=O) groups excluding carboxylic acids is 3. The number of likely N-dealkylation sites (tertiary alicyclic amines) is 1. The Kier molecular flexibility index (Phi) is 4.89. The zero-order chi connectivity index (χ0) is 14.5. The quantitative estimate of drug-likeness (QED) is 0.425. The number of methoxy groups -OCH3 is 1. The minimum atomic E-state index is -0.218. The Bertz CT molecular complexity index is 407. The lowest BCUT2D eigenvalue weighted by molar-refractivity contribution is -0.140. The largest absolute Gasteiger partial charge is 0.383 e. The molecule has 2 atom stereocenters. The molecule has 0 aromatic heterocycles. The highest BCUT2D eigenvalue weighted by molar-refractivity contribution is 6.05. The van der Waals surface area contributed by atoms with Crippen LogP contribution in [0.15, 0.2) is 12.2 Å². The van der Waals surface area contributed by atoms with Gasteiger partial charge in [0.1, 0.15) is 0 Å². The first-order valence-electron chi connectivity index (χ1n) is 6.91. The van der Waals surface area contributed by atoms with E-state index in [1.54, 1.807) is 7.11 Å². The Morgan fingerprint density at radius 3 is 2.45 bits per heavy atom. The van der Waals surface area contributed by atoms with E-state index in [2.05, 4.69) is 5.32 Å². The zero-order valence-electron chi connectivity index (χ0n) is 11.6. The summed E-state index contributed by atoms with van der Waals surface area (Å²) in [5.41, 5.74) is 0. The molecule has 0 aromatic rings. The summed E-state index contributed by atoms with van der Waals surface area (Å²) in [5.74, 6) is -0.869. The lowest BCUT2D eigenvalue weighted by Gasteiger charge is -2.14. The molecule has 1 saturated heterocycles. The topological polar surface area (TPSA) is 75.7 Å². The summed E-state index contributed by atoms with van der Waals surface area (Å²) in [4.78, 5) is 37.1. The maximum absolute atomic E-state index is 12.1. The Morgan fingerprint density at radius 2 is 1.90 bits per heavy atom. The summed E-state index contributed by atoms with van der Waals surface area (Å²) < 4.78 is 4.83. The van der Waals surface area contributed by atoms with Crippen LogP contribution < -0.4 is 5.32 Å². The van der Waals surface area contributed by atoms with Crippen molar-refractivity contribution in [3.8, 4) is 0 Å². The molecule has 1 fully saturated rings. The molecule has 1 aliphatic carbocycles. The fourth-order valence-corrected chi connectivity index (χ4v) is 2.68. The van der Waals surface area contributed by atoms with Gasteiger partial charge in [0, 0.05) is 26.6 Å². The van der Waals surface area contributed by atoms with Crippen LogP contribution in [0, 0.1) is 11.8 Å². The first-order valence-corrected chi connectivity index (χ1v) is 6.91. The summed E-state index contributed by atoms with van der Waals surface area (Å²) >= 11 is 0. The lowest BCUT2D eigenvalue weighted by Crippen LogP contribution is -2.36. The van der Waals surface area contributed by atoms with Crippen LogP contribution in [0.4, 0.5) is 0 Å². The van der Waals surface area contributed by atoms with E-state index >= 15 is 0 Å². The van der Waals surface area contributed by atoms with Crippen molar-refractivity contribution in [2.75, 3.05) is 26.8 Å². The van der Waals surface area contributed by atoms with Gasteiger partial charge in [0.15, 0.2) is 0 Å². The van der Waals surface area contributed by atoms with Crippen LogP contribution in [0.25, 0.3) is 0 Å². The second-order valence-corrected chi connectivity index (χ2v) is 5.08. The fourth-order valence-electron chi connectivity index (χ4n) is 2.68. The highest BCUT2D eigenvalue weighted by Crippen LogP contribution is 2.34. The Morgan fingerprint density at radius 1 is 1.30 bits per heavy atom. The Labute approximate surface area is 118 Å². The first kappa shape index (κ1) is 14.7. The molecule has 6 heteroatoms. The SMILES string of the molecule is COCCNC(=O)CCN1C(=O)[C@@H]2CC=CC[C@H]2C1=O. The van der Waals surface area contributed by atoms with E-state index in [1.165, 1.54) is 4.90 Å². The molecule has 0 bridgehead atoms. The second kappa shape index (κ2) is 6.65. The molecule has 1 N–H and O–H groups in total.